The highest BCUT2D eigenvalue weighted by Gasteiger charge is 2.15. The minimum absolute atomic E-state index is 0.273. The second-order valence-electron chi connectivity index (χ2n) is 6.04. The number of hydrogen-bond acceptors (Lipinski definition) is 4. The number of nitrogens with zero attached hydrogens (tertiary/aromatic N) is 2. The van der Waals surface area contributed by atoms with Crippen LogP contribution in [0.2, 0.25) is 0 Å². The van der Waals surface area contributed by atoms with Gasteiger partial charge in [0.2, 0.25) is 0 Å². The lowest BCUT2D eigenvalue weighted by Gasteiger charge is -2.13. The number of rotatable bonds is 7. The fourth-order valence-corrected chi connectivity index (χ4v) is 2.88. The molecule has 0 aliphatic carbocycles. The van der Waals surface area contributed by atoms with Gasteiger partial charge in [-0.3, -0.25) is 9.98 Å². The van der Waals surface area contributed by atoms with E-state index in [4.69, 9.17) is 9.47 Å². The van der Waals surface area contributed by atoms with Crippen molar-refractivity contribution in [2.24, 2.45) is 4.99 Å². The molecule has 0 amide bonds. The first-order valence-corrected chi connectivity index (χ1v) is 8.83. The Labute approximate surface area is 148 Å². The fourth-order valence-electron chi connectivity index (χ4n) is 2.88. The zero-order chi connectivity index (χ0) is 17.3. The Kier molecular flexibility index (Phi) is 6.59. The van der Waals surface area contributed by atoms with Gasteiger partial charge in [-0.25, -0.2) is 0 Å². The van der Waals surface area contributed by atoms with Gasteiger partial charge in [0.25, 0.3) is 0 Å². The SMILES string of the molecule is CN=C(NCCCOC1CCOC1)NCc1nccc2ccccc12. The first kappa shape index (κ1) is 17.6. The number of pyridine rings is 1. The second kappa shape index (κ2) is 9.34. The van der Waals surface area contributed by atoms with Crippen LogP contribution in [-0.4, -0.2) is 50.5 Å². The van der Waals surface area contributed by atoms with Crippen LogP contribution in [0.3, 0.4) is 0 Å². The summed E-state index contributed by atoms with van der Waals surface area (Å²) in [7, 11) is 1.78. The highest BCUT2D eigenvalue weighted by atomic mass is 16.5. The average Bonchev–Trinajstić information content (AvgIpc) is 3.17. The largest absolute Gasteiger partial charge is 0.379 e. The van der Waals surface area contributed by atoms with Gasteiger partial charge >= 0.3 is 0 Å². The summed E-state index contributed by atoms with van der Waals surface area (Å²) in [5.74, 6) is 0.777. The summed E-state index contributed by atoms with van der Waals surface area (Å²) >= 11 is 0. The van der Waals surface area contributed by atoms with E-state index in [1.807, 2.05) is 24.4 Å². The van der Waals surface area contributed by atoms with Crippen LogP contribution in [0, 0.1) is 0 Å². The van der Waals surface area contributed by atoms with E-state index in [1.165, 1.54) is 10.8 Å². The summed E-state index contributed by atoms with van der Waals surface area (Å²) in [5, 5.41) is 9.00. The summed E-state index contributed by atoms with van der Waals surface area (Å²) in [6.07, 6.45) is 4.06. The van der Waals surface area contributed by atoms with Crippen molar-refractivity contribution < 1.29 is 9.47 Å². The van der Waals surface area contributed by atoms with Crippen LogP contribution < -0.4 is 10.6 Å². The van der Waals surface area contributed by atoms with Crippen molar-refractivity contribution in [3.8, 4) is 0 Å². The summed E-state index contributed by atoms with van der Waals surface area (Å²) in [6, 6.07) is 10.3. The van der Waals surface area contributed by atoms with Gasteiger partial charge in [-0.05, 0) is 24.3 Å². The molecule has 1 unspecified atom stereocenters. The molecule has 1 aromatic heterocycles. The third-order valence-electron chi connectivity index (χ3n) is 4.26. The van der Waals surface area contributed by atoms with Gasteiger partial charge in [0.05, 0.1) is 24.9 Å². The van der Waals surface area contributed by atoms with E-state index >= 15 is 0 Å². The van der Waals surface area contributed by atoms with Crippen molar-refractivity contribution >= 4 is 16.7 Å². The highest BCUT2D eigenvalue weighted by molar-refractivity contribution is 5.85. The number of aromatic nitrogens is 1. The molecule has 1 atom stereocenters. The maximum Gasteiger partial charge on any atom is 0.191 e. The molecule has 25 heavy (non-hydrogen) atoms. The Hall–Kier alpha value is -2.18. The number of hydrogen-bond donors (Lipinski definition) is 2. The Bertz CT molecular complexity index is 693. The van der Waals surface area contributed by atoms with Crippen LogP contribution in [-0.2, 0) is 16.0 Å². The quantitative estimate of drug-likeness (QED) is 0.458. The molecular formula is C19H26N4O2. The first-order chi connectivity index (χ1) is 12.4. The van der Waals surface area contributed by atoms with Gasteiger partial charge in [0.1, 0.15) is 0 Å². The third kappa shape index (κ3) is 5.14. The number of benzene rings is 1. The van der Waals surface area contributed by atoms with E-state index in [-0.39, 0.29) is 6.10 Å². The minimum Gasteiger partial charge on any atom is -0.379 e. The standard InChI is InChI=1S/C19H26N4O2/c1-20-19(22-9-4-11-25-16-8-12-24-14-16)23-13-18-17-6-3-2-5-15(17)7-10-21-18/h2-3,5-7,10,16H,4,8-9,11-14H2,1H3,(H2,20,22,23). The third-order valence-corrected chi connectivity index (χ3v) is 4.26. The molecule has 134 valence electrons. The van der Waals surface area contributed by atoms with Crippen LogP contribution in [0.5, 0.6) is 0 Å². The molecule has 0 saturated carbocycles. The molecule has 1 aliphatic heterocycles. The highest BCUT2D eigenvalue weighted by Crippen LogP contribution is 2.15. The van der Waals surface area contributed by atoms with Gasteiger partial charge in [0, 0.05) is 38.4 Å². The van der Waals surface area contributed by atoms with Crippen LogP contribution in [0.15, 0.2) is 41.5 Å². The maximum atomic E-state index is 5.76. The number of aliphatic imine (C=N–C) groups is 1. The van der Waals surface area contributed by atoms with Crippen molar-refractivity contribution in [3.05, 3.63) is 42.2 Å². The van der Waals surface area contributed by atoms with E-state index < -0.39 is 0 Å². The number of ether oxygens (including phenoxy) is 2. The lowest BCUT2D eigenvalue weighted by atomic mass is 10.1. The van der Waals surface area contributed by atoms with Crippen molar-refractivity contribution in [3.63, 3.8) is 0 Å². The Morgan fingerprint density at radius 1 is 1.32 bits per heavy atom. The second-order valence-corrected chi connectivity index (χ2v) is 6.04. The monoisotopic (exact) mass is 342 g/mol. The van der Waals surface area contributed by atoms with E-state index in [9.17, 15) is 0 Å². The Morgan fingerprint density at radius 2 is 2.24 bits per heavy atom. The van der Waals surface area contributed by atoms with Crippen LogP contribution in [0.25, 0.3) is 10.8 Å². The van der Waals surface area contributed by atoms with Gasteiger partial charge < -0.3 is 20.1 Å². The van der Waals surface area contributed by atoms with Gasteiger partial charge in [-0.1, -0.05) is 24.3 Å². The Morgan fingerprint density at radius 3 is 3.08 bits per heavy atom. The predicted octanol–water partition coefficient (Wildman–Crippen LogP) is 2.10. The molecule has 0 spiro atoms. The smallest absolute Gasteiger partial charge is 0.191 e. The average molecular weight is 342 g/mol. The summed E-state index contributed by atoms with van der Waals surface area (Å²) in [6.45, 7) is 3.74. The molecule has 1 aromatic carbocycles. The zero-order valence-electron chi connectivity index (χ0n) is 14.7. The van der Waals surface area contributed by atoms with Crippen LogP contribution in [0.4, 0.5) is 0 Å². The topological polar surface area (TPSA) is 67.8 Å². The lowest BCUT2D eigenvalue weighted by molar-refractivity contribution is 0.0420. The molecule has 0 bridgehead atoms. The van der Waals surface area contributed by atoms with Gasteiger partial charge in [0.15, 0.2) is 5.96 Å². The number of fused-ring (bicyclic) bond motifs is 1. The van der Waals surface area contributed by atoms with E-state index in [2.05, 4.69) is 32.7 Å². The molecular weight excluding hydrogens is 316 g/mol. The van der Waals surface area contributed by atoms with E-state index in [1.54, 1.807) is 7.05 Å². The Balaban J connectivity index is 1.41. The lowest BCUT2D eigenvalue weighted by Crippen LogP contribution is -2.37. The van der Waals surface area contributed by atoms with Crippen LogP contribution in [0.1, 0.15) is 18.5 Å². The molecule has 1 fully saturated rings. The molecule has 2 heterocycles. The maximum absolute atomic E-state index is 5.76. The first-order valence-electron chi connectivity index (χ1n) is 8.83. The molecule has 6 heteroatoms. The summed E-state index contributed by atoms with van der Waals surface area (Å²) < 4.78 is 11.1. The zero-order valence-corrected chi connectivity index (χ0v) is 14.7. The van der Waals surface area contributed by atoms with Crippen molar-refractivity contribution in [1.29, 1.82) is 0 Å². The van der Waals surface area contributed by atoms with Gasteiger partial charge in [-0.15, -0.1) is 0 Å². The molecule has 2 aromatic rings. The molecule has 1 aliphatic rings. The molecule has 1 saturated heterocycles. The number of guanidine groups is 1. The van der Waals surface area contributed by atoms with Gasteiger partial charge in [-0.2, -0.15) is 0 Å². The molecule has 0 radical (unpaired) electrons. The van der Waals surface area contributed by atoms with E-state index in [0.717, 1.165) is 50.9 Å². The minimum atomic E-state index is 0.273. The molecule has 3 rings (SSSR count). The molecule has 2 N–H and O–H groups in total. The van der Waals surface area contributed by atoms with E-state index in [0.29, 0.717) is 6.54 Å². The summed E-state index contributed by atoms with van der Waals surface area (Å²) in [5.41, 5.74) is 1.02. The van der Waals surface area contributed by atoms with Crippen molar-refractivity contribution in [1.82, 2.24) is 15.6 Å². The van der Waals surface area contributed by atoms with Crippen LogP contribution >= 0.6 is 0 Å². The summed E-state index contributed by atoms with van der Waals surface area (Å²) in [4.78, 5) is 8.75. The fraction of sp³-hybridized carbons (Fsp3) is 0.474. The normalized spacial score (nSPS) is 17.8. The predicted molar refractivity (Wildman–Crippen MR) is 99.7 cm³/mol. The number of nitrogens with one attached hydrogen (secondary N) is 2. The van der Waals surface area contributed by atoms with Crippen molar-refractivity contribution in [2.75, 3.05) is 33.4 Å². The van der Waals surface area contributed by atoms with Crippen molar-refractivity contribution in [2.45, 2.75) is 25.5 Å². The molecule has 6 nitrogen and oxygen atoms in total.